The van der Waals surface area contributed by atoms with Gasteiger partial charge in [0.1, 0.15) is 0 Å². The minimum Gasteiger partial charge on any atom is -0.166 e. The van der Waals surface area contributed by atoms with Gasteiger partial charge in [0.2, 0.25) is 0 Å². The zero-order chi connectivity index (χ0) is 10.9. The lowest BCUT2D eigenvalue weighted by Crippen LogP contribution is -2.10. The van der Waals surface area contributed by atoms with Crippen LogP contribution in [0.3, 0.4) is 0 Å². The Balaban J connectivity index is 3.40. The maximum Gasteiger partial charge on any atom is 0.416 e. The van der Waals surface area contributed by atoms with Crippen molar-refractivity contribution < 1.29 is 13.2 Å². The third-order valence-corrected chi connectivity index (χ3v) is 2.87. The zero-order valence-corrected chi connectivity index (χ0v) is 10.4. The maximum absolute atomic E-state index is 12.6. The molecule has 0 N–H and O–H groups in total. The molecule has 1 aromatic rings. The van der Waals surface area contributed by atoms with Gasteiger partial charge in [0.15, 0.2) is 0 Å². The molecule has 0 nitrogen and oxygen atoms in total. The first-order valence-corrected chi connectivity index (χ1v) is 5.70. The van der Waals surface area contributed by atoms with Crippen LogP contribution in [-0.2, 0) is 11.5 Å². The Morgan fingerprint density at radius 3 is 2.29 bits per heavy atom. The number of hydrogen-bond acceptors (Lipinski definition) is 0. The fourth-order valence-corrected chi connectivity index (χ4v) is 2.39. The van der Waals surface area contributed by atoms with Gasteiger partial charge in [-0.15, -0.1) is 0 Å². The predicted molar refractivity (Wildman–Crippen MR) is 56.5 cm³/mol. The molecular formula is C9H7Br2F3. The van der Waals surface area contributed by atoms with E-state index in [0.717, 1.165) is 0 Å². The number of hydrogen-bond donors (Lipinski definition) is 0. The molecule has 0 heterocycles. The molecule has 1 aromatic carbocycles. The molecule has 0 aromatic heterocycles. The molecular weight excluding hydrogens is 325 g/mol. The molecule has 0 aliphatic carbocycles. The summed E-state index contributed by atoms with van der Waals surface area (Å²) in [4.78, 5) is 0. The SMILES string of the molecule is Cc1cc(Br)cc(CBr)c1C(F)(F)F. The Morgan fingerprint density at radius 1 is 1.29 bits per heavy atom. The van der Waals surface area contributed by atoms with E-state index in [2.05, 4.69) is 31.9 Å². The van der Waals surface area contributed by atoms with Crippen molar-refractivity contribution >= 4 is 31.9 Å². The van der Waals surface area contributed by atoms with Crippen molar-refractivity contribution in [2.24, 2.45) is 0 Å². The molecule has 0 saturated carbocycles. The van der Waals surface area contributed by atoms with Crippen LogP contribution in [0.4, 0.5) is 13.2 Å². The second kappa shape index (κ2) is 4.23. The van der Waals surface area contributed by atoms with Crippen molar-refractivity contribution in [1.82, 2.24) is 0 Å². The summed E-state index contributed by atoms with van der Waals surface area (Å²) in [7, 11) is 0. The fourth-order valence-electron chi connectivity index (χ4n) is 1.32. The number of rotatable bonds is 1. The third kappa shape index (κ3) is 2.51. The average Bonchev–Trinajstić information content (AvgIpc) is 1.99. The van der Waals surface area contributed by atoms with E-state index in [-0.39, 0.29) is 16.5 Å². The monoisotopic (exact) mass is 330 g/mol. The Kier molecular flexibility index (Phi) is 3.63. The fraction of sp³-hybridized carbons (Fsp3) is 0.333. The molecule has 0 spiro atoms. The van der Waals surface area contributed by atoms with Crippen LogP contribution in [0.25, 0.3) is 0 Å². The van der Waals surface area contributed by atoms with E-state index in [1.54, 1.807) is 0 Å². The molecule has 0 saturated heterocycles. The summed E-state index contributed by atoms with van der Waals surface area (Å²) < 4.78 is 38.4. The minimum atomic E-state index is -4.28. The summed E-state index contributed by atoms with van der Waals surface area (Å²) in [5.41, 5.74) is -0.0525. The summed E-state index contributed by atoms with van der Waals surface area (Å²) >= 11 is 6.21. The van der Waals surface area contributed by atoms with Crippen LogP contribution in [0.15, 0.2) is 16.6 Å². The van der Waals surface area contributed by atoms with Crippen LogP contribution in [0.2, 0.25) is 0 Å². The molecule has 1 rings (SSSR count). The number of alkyl halides is 4. The van der Waals surface area contributed by atoms with Gasteiger partial charge in [0.05, 0.1) is 5.56 Å². The van der Waals surface area contributed by atoms with Gasteiger partial charge in [-0.3, -0.25) is 0 Å². The highest BCUT2D eigenvalue weighted by Gasteiger charge is 2.34. The number of benzene rings is 1. The van der Waals surface area contributed by atoms with E-state index in [1.807, 2.05) is 0 Å². The minimum absolute atomic E-state index is 0.197. The van der Waals surface area contributed by atoms with Gasteiger partial charge in [0, 0.05) is 9.80 Å². The summed E-state index contributed by atoms with van der Waals surface area (Å²) in [5.74, 6) is 0. The van der Waals surface area contributed by atoms with Gasteiger partial charge in [-0.25, -0.2) is 0 Å². The van der Waals surface area contributed by atoms with Gasteiger partial charge in [0.25, 0.3) is 0 Å². The first-order chi connectivity index (χ1) is 6.36. The quantitative estimate of drug-likeness (QED) is 0.656. The Morgan fingerprint density at radius 2 is 1.86 bits per heavy atom. The molecule has 0 aliphatic rings. The van der Waals surface area contributed by atoms with Crippen molar-refractivity contribution in [2.45, 2.75) is 18.4 Å². The molecule has 0 fully saturated rings. The molecule has 0 amide bonds. The Bertz CT molecular complexity index is 345. The molecule has 14 heavy (non-hydrogen) atoms. The lowest BCUT2D eigenvalue weighted by atomic mass is 10.0. The van der Waals surface area contributed by atoms with Crippen LogP contribution >= 0.6 is 31.9 Å². The topological polar surface area (TPSA) is 0 Å². The highest BCUT2D eigenvalue weighted by molar-refractivity contribution is 9.10. The maximum atomic E-state index is 12.6. The molecule has 5 heteroatoms. The van der Waals surface area contributed by atoms with E-state index < -0.39 is 11.7 Å². The smallest absolute Gasteiger partial charge is 0.166 e. The summed E-state index contributed by atoms with van der Waals surface area (Å²) in [6.45, 7) is 1.46. The van der Waals surface area contributed by atoms with Crippen LogP contribution in [0, 0.1) is 6.92 Å². The van der Waals surface area contributed by atoms with Crippen LogP contribution < -0.4 is 0 Å². The zero-order valence-electron chi connectivity index (χ0n) is 7.25. The van der Waals surface area contributed by atoms with Crippen LogP contribution in [-0.4, -0.2) is 0 Å². The molecule has 0 bridgehead atoms. The molecule has 0 unspecified atom stereocenters. The summed E-state index contributed by atoms with van der Waals surface area (Å²) in [6.07, 6.45) is -4.28. The highest BCUT2D eigenvalue weighted by Crippen LogP contribution is 2.36. The number of halogens is 5. The second-order valence-corrected chi connectivity index (χ2v) is 4.36. The second-order valence-electron chi connectivity index (χ2n) is 2.89. The molecule has 0 atom stereocenters. The van der Waals surface area contributed by atoms with Crippen molar-refractivity contribution in [2.75, 3.05) is 0 Å². The van der Waals surface area contributed by atoms with E-state index in [1.165, 1.54) is 19.1 Å². The molecule has 0 radical (unpaired) electrons. The number of aryl methyl sites for hydroxylation is 1. The van der Waals surface area contributed by atoms with Gasteiger partial charge in [-0.05, 0) is 30.2 Å². The van der Waals surface area contributed by atoms with Crippen molar-refractivity contribution in [1.29, 1.82) is 0 Å². The highest BCUT2D eigenvalue weighted by atomic mass is 79.9. The van der Waals surface area contributed by atoms with Gasteiger partial charge < -0.3 is 0 Å². The Hall–Kier alpha value is -0.0300. The lowest BCUT2D eigenvalue weighted by Gasteiger charge is -2.14. The predicted octanol–water partition coefficient (Wildman–Crippen LogP) is 4.67. The van der Waals surface area contributed by atoms with E-state index >= 15 is 0 Å². The van der Waals surface area contributed by atoms with E-state index in [4.69, 9.17) is 0 Å². The first kappa shape index (κ1) is 12.0. The van der Waals surface area contributed by atoms with Crippen molar-refractivity contribution in [3.8, 4) is 0 Å². The molecule has 78 valence electrons. The van der Waals surface area contributed by atoms with Crippen LogP contribution in [0.5, 0.6) is 0 Å². The van der Waals surface area contributed by atoms with E-state index in [9.17, 15) is 13.2 Å². The van der Waals surface area contributed by atoms with Gasteiger partial charge in [-0.1, -0.05) is 31.9 Å². The summed E-state index contributed by atoms with van der Waals surface area (Å²) in [6, 6.07) is 2.94. The van der Waals surface area contributed by atoms with Crippen LogP contribution in [0.1, 0.15) is 16.7 Å². The van der Waals surface area contributed by atoms with Gasteiger partial charge >= 0.3 is 6.18 Å². The third-order valence-electron chi connectivity index (χ3n) is 1.81. The largest absolute Gasteiger partial charge is 0.416 e. The standard InChI is InChI=1S/C9H7Br2F3/c1-5-2-7(11)3-6(4-10)8(5)9(12,13)14/h2-3H,4H2,1H3. The average molecular weight is 332 g/mol. The van der Waals surface area contributed by atoms with Gasteiger partial charge in [-0.2, -0.15) is 13.2 Å². The first-order valence-electron chi connectivity index (χ1n) is 3.78. The summed E-state index contributed by atoms with van der Waals surface area (Å²) in [5, 5.41) is 0.197. The molecule has 0 aliphatic heterocycles. The van der Waals surface area contributed by atoms with E-state index in [0.29, 0.717) is 4.47 Å². The Labute approximate surface area is 96.8 Å². The van der Waals surface area contributed by atoms with Crippen molar-refractivity contribution in [3.63, 3.8) is 0 Å². The van der Waals surface area contributed by atoms with Crippen molar-refractivity contribution in [3.05, 3.63) is 33.3 Å². The normalized spacial score (nSPS) is 11.9. The lowest BCUT2D eigenvalue weighted by molar-refractivity contribution is -0.138.